The van der Waals surface area contributed by atoms with Crippen LogP contribution in [0.1, 0.15) is 28.9 Å². The van der Waals surface area contributed by atoms with E-state index in [1.807, 2.05) is 66.7 Å². The highest BCUT2D eigenvalue weighted by Gasteiger charge is 2.15. The Hall–Kier alpha value is -3.97. The van der Waals surface area contributed by atoms with Crippen LogP contribution in [0, 0.1) is 0 Å². The summed E-state index contributed by atoms with van der Waals surface area (Å²) in [7, 11) is 0. The van der Waals surface area contributed by atoms with Gasteiger partial charge in [0.25, 0.3) is 5.91 Å². The van der Waals surface area contributed by atoms with Crippen molar-refractivity contribution in [1.82, 2.24) is 15.3 Å². The summed E-state index contributed by atoms with van der Waals surface area (Å²) >= 11 is 0. The molecule has 2 aromatic heterocycles. The molecule has 1 aliphatic heterocycles. The predicted octanol–water partition coefficient (Wildman–Crippen LogP) is 4.94. The number of hydrogen-bond acceptors (Lipinski definition) is 6. The number of carbonyl (C=O) groups is 1. The SMILES string of the molecule is O=C(NCc1cccc(Oc2ccccc2)c1)c1ccc2cnc(NC3CCOCC3)cc2n1. The fourth-order valence-electron chi connectivity index (χ4n) is 3.89. The van der Waals surface area contributed by atoms with E-state index in [0.29, 0.717) is 18.3 Å². The van der Waals surface area contributed by atoms with Crippen molar-refractivity contribution in [2.75, 3.05) is 18.5 Å². The number of rotatable bonds is 7. The van der Waals surface area contributed by atoms with E-state index in [0.717, 1.165) is 59.8 Å². The number of aromatic nitrogens is 2. The van der Waals surface area contributed by atoms with Gasteiger partial charge in [-0.25, -0.2) is 9.97 Å². The van der Waals surface area contributed by atoms with Gasteiger partial charge in [-0.05, 0) is 54.8 Å². The van der Waals surface area contributed by atoms with E-state index < -0.39 is 0 Å². The number of ether oxygens (including phenoxy) is 2. The highest BCUT2D eigenvalue weighted by Crippen LogP contribution is 2.22. The van der Waals surface area contributed by atoms with Gasteiger partial charge in [0.15, 0.2) is 0 Å². The maximum absolute atomic E-state index is 12.8. The Bertz CT molecular complexity index is 1270. The molecule has 34 heavy (non-hydrogen) atoms. The topological polar surface area (TPSA) is 85.4 Å². The monoisotopic (exact) mass is 454 g/mol. The van der Waals surface area contributed by atoms with Crippen molar-refractivity contribution in [3.63, 3.8) is 0 Å². The number of hydrogen-bond donors (Lipinski definition) is 2. The molecule has 1 amide bonds. The van der Waals surface area contributed by atoms with Crippen LogP contribution in [0.5, 0.6) is 11.5 Å². The Labute approximate surface area is 198 Å². The number of nitrogens with one attached hydrogen (secondary N) is 2. The lowest BCUT2D eigenvalue weighted by molar-refractivity contribution is 0.0903. The molecule has 2 N–H and O–H groups in total. The first kappa shape index (κ1) is 21.9. The molecule has 0 aliphatic carbocycles. The normalized spacial score (nSPS) is 14.0. The third kappa shape index (κ3) is 5.50. The summed E-state index contributed by atoms with van der Waals surface area (Å²) in [6.07, 6.45) is 3.68. The second-order valence-electron chi connectivity index (χ2n) is 8.23. The molecule has 1 aliphatic rings. The minimum absolute atomic E-state index is 0.230. The van der Waals surface area contributed by atoms with Gasteiger partial charge in [0.1, 0.15) is 23.0 Å². The largest absolute Gasteiger partial charge is 0.457 e. The third-order valence-electron chi connectivity index (χ3n) is 5.71. The van der Waals surface area contributed by atoms with Gasteiger partial charge in [-0.3, -0.25) is 4.79 Å². The van der Waals surface area contributed by atoms with Crippen molar-refractivity contribution in [3.8, 4) is 11.5 Å². The molecule has 7 heteroatoms. The Morgan fingerprint density at radius 3 is 2.65 bits per heavy atom. The number of amides is 1. The van der Waals surface area contributed by atoms with Gasteiger partial charge >= 0.3 is 0 Å². The van der Waals surface area contributed by atoms with Crippen molar-refractivity contribution in [3.05, 3.63) is 90.3 Å². The van der Waals surface area contributed by atoms with Crippen molar-refractivity contribution in [2.24, 2.45) is 0 Å². The molecule has 0 radical (unpaired) electrons. The molecular weight excluding hydrogens is 428 g/mol. The number of para-hydroxylation sites is 1. The van der Waals surface area contributed by atoms with Crippen molar-refractivity contribution in [1.29, 1.82) is 0 Å². The second-order valence-corrected chi connectivity index (χ2v) is 8.23. The minimum atomic E-state index is -0.230. The van der Waals surface area contributed by atoms with Crippen LogP contribution in [0.2, 0.25) is 0 Å². The van der Waals surface area contributed by atoms with Crippen molar-refractivity contribution < 1.29 is 14.3 Å². The molecule has 172 valence electrons. The number of fused-ring (bicyclic) bond motifs is 1. The van der Waals surface area contributed by atoms with Gasteiger partial charge in [0.05, 0.1) is 5.52 Å². The Balaban J connectivity index is 1.24. The quantitative estimate of drug-likeness (QED) is 0.411. The molecule has 1 saturated heterocycles. The lowest BCUT2D eigenvalue weighted by atomic mass is 10.1. The lowest BCUT2D eigenvalue weighted by Crippen LogP contribution is -2.28. The van der Waals surface area contributed by atoms with Gasteiger partial charge in [-0.1, -0.05) is 30.3 Å². The molecule has 4 aromatic rings. The fraction of sp³-hybridized carbons (Fsp3) is 0.222. The van der Waals surface area contributed by atoms with Gasteiger partial charge in [-0.15, -0.1) is 0 Å². The van der Waals surface area contributed by atoms with Crippen LogP contribution in [0.4, 0.5) is 5.82 Å². The molecule has 3 heterocycles. The van der Waals surface area contributed by atoms with Crippen LogP contribution in [-0.4, -0.2) is 35.1 Å². The first-order chi connectivity index (χ1) is 16.7. The zero-order valence-electron chi connectivity index (χ0n) is 18.7. The van der Waals surface area contributed by atoms with E-state index in [2.05, 4.69) is 20.6 Å². The van der Waals surface area contributed by atoms with E-state index in [9.17, 15) is 4.79 Å². The summed E-state index contributed by atoms with van der Waals surface area (Å²) in [4.78, 5) is 21.8. The summed E-state index contributed by atoms with van der Waals surface area (Å²) in [5, 5.41) is 7.29. The number of benzene rings is 2. The van der Waals surface area contributed by atoms with Crippen LogP contribution in [0.15, 0.2) is 79.0 Å². The average molecular weight is 455 g/mol. The number of anilines is 1. The molecule has 5 rings (SSSR count). The number of pyridine rings is 2. The zero-order valence-corrected chi connectivity index (χ0v) is 18.7. The first-order valence-corrected chi connectivity index (χ1v) is 11.4. The van der Waals surface area contributed by atoms with E-state index in [1.165, 1.54) is 0 Å². The van der Waals surface area contributed by atoms with Gasteiger partial charge < -0.3 is 20.1 Å². The first-order valence-electron chi connectivity index (χ1n) is 11.4. The molecule has 2 aromatic carbocycles. The van der Waals surface area contributed by atoms with E-state index in [1.54, 1.807) is 12.3 Å². The lowest BCUT2D eigenvalue weighted by Gasteiger charge is -2.23. The summed E-state index contributed by atoms with van der Waals surface area (Å²) in [5.41, 5.74) is 2.04. The summed E-state index contributed by atoms with van der Waals surface area (Å²) in [6, 6.07) is 23.1. The highest BCUT2D eigenvalue weighted by molar-refractivity contribution is 5.95. The Kier molecular flexibility index (Phi) is 6.63. The summed E-state index contributed by atoms with van der Waals surface area (Å²) in [6.45, 7) is 1.89. The molecular formula is C27H26N4O3. The molecule has 7 nitrogen and oxygen atoms in total. The van der Waals surface area contributed by atoms with Crippen LogP contribution < -0.4 is 15.4 Å². The van der Waals surface area contributed by atoms with Crippen molar-refractivity contribution >= 4 is 22.6 Å². The second kappa shape index (κ2) is 10.3. The summed E-state index contributed by atoms with van der Waals surface area (Å²) in [5.74, 6) is 2.02. The number of carbonyl (C=O) groups excluding carboxylic acids is 1. The molecule has 1 fully saturated rings. The fourth-order valence-corrected chi connectivity index (χ4v) is 3.89. The van der Waals surface area contributed by atoms with E-state index in [-0.39, 0.29) is 5.91 Å². The maximum Gasteiger partial charge on any atom is 0.270 e. The van der Waals surface area contributed by atoms with Gasteiger partial charge in [0, 0.05) is 43.4 Å². The van der Waals surface area contributed by atoms with Crippen LogP contribution in [0.25, 0.3) is 10.9 Å². The molecule has 0 spiro atoms. The maximum atomic E-state index is 12.8. The third-order valence-corrected chi connectivity index (χ3v) is 5.71. The van der Waals surface area contributed by atoms with Crippen LogP contribution in [-0.2, 0) is 11.3 Å². The molecule has 0 atom stereocenters. The standard InChI is InChI=1S/C27H26N4O3/c32-27(29-17-19-5-4-8-23(15-19)34-22-6-2-1-3-7-22)24-10-9-20-18-28-26(16-25(20)31-24)30-21-11-13-33-14-12-21/h1-10,15-16,18,21H,11-14,17H2,(H,28,30)(H,29,32). The van der Waals surface area contributed by atoms with Crippen molar-refractivity contribution in [2.45, 2.75) is 25.4 Å². The number of nitrogens with zero attached hydrogens (tertiary/aromatic N) is 2. The molecule has 0 bridgehead atoms. The van der Waals surface area contributed by atoms with E-state index >= 15 is 0 Å². The van der Waals surface area contributed by atoms with Crippen LogP contribution in [0.3, 0.4) is 0 Å². The molecule has 0 saturated carbocycles. The van der Waals surface area contributed by atoms with E-state index in [4.69, 9.17) is 9.47 Å². The Morgan fingerprint density at radius 1 is 0.971 bits per heavy atom. The zero-order chi connectivity index (χ0) is 23.2. The average Bonchev–Trinajstić information content (AvgIpc) is 2.88. The van der Waals surface area contributed by atoms with Crippen LogP contribution >= 0.6 is 0 Å². The molecule has 0 unspecified atom stereocenters. The summed E-state index contributed by atoms with van der Waals surface area (Å²) < 4.78 is 11.3. The minimum Gasteiger partial charge on any atom is -0.457 e. The predicted molar refractivity (Wildman–Crippen MR) is 131 cm³/mol. The van der Waals surface area contributed by atoms with Gasteiger partial charge in [0.2, 0.25) is 0 Å². The Morgan fingerprint density at radius 2 is 1.79 bits per heavy atom. The highest BCUT2D eigenvalue weighted by atomic mass is 16.5. The smallest absolute Gasteiger partial charge is 0.270 e. The van der Waals surface area contributed by atoms with Gasteiger partial charge in [-0.2, -0.15) is 0 Å².